The van der Waals surface area contributed by atoms with Gasteiger partial charge < -0.3 is 9.84 Å². The van der Waals surface area contributed by atoms with Gasteiger partial charge in [0.15, 0.2) is 0 Å². The van der Waals surface area contributed by atoms with E-state index in [-0.39, 0.29) is 11.3 Å². The molecule has 0 aliphatic rings. The van der Waals surface area contributed by atoms with Crippen molar-refractivity contribution in [1.29, 1.82) is 0 Å². The predicted octanol–water partition coefficient (Wildman–Crippen LogP) is 3.05. The molecule has 19 heavy (non-hydrogen) atoms. The van der Waals surface area contributed by atoms with E-state index in [2.05, 4.69) is 9.72 Å². The van der Waals surface area contributed by atoms with Crippen LogP contribution >= 0.6 is 0 Å². The summed E-state index contributed by atoms with van der Waals surface area (Å²) in [6.45, 7) is -2.90. The van der Waals surface area contributed by atoms with Gasteiger partial charge in [0.25, 0.3) is 0 Å². The summed E-state index contributed by atoms with van der Waals surface area (Å²) >= 11 is 0. The molecule has 4 nitrogen and oxygen atoms in total. The maximum atomic E-state index is 12.0. The van der Waals surface area contributed by atoms with Crippen molar-refractivity contribution in [3.8, 4) is 17.0 Å². The number of nitrogens with zero attached hydrogens (tertiary/aromatic N) is 1. The molecule has 6 heteroatoms. The minimum atomic E-state index is -2.90. The monoisotopic (exact) mass is 265 g/mol. The van der Waals surface area contributed by atoms with Crippen molar-refractivity contribution in [2.24, 2.45) is 0 Å². The molecule has 1 aromatic heterocycles. The van der Waals surface area contributed by atoms with Gasteiger partial charge in [-0.2, -0.15) is 8.78 Å². The Labute approximate surface area is 107 Å². The van der Waals surface area contributed by atoms with Crippen LogP contribution in [-0.4, -0.2) is 22.7 Å². The number of halogens is 2. The zero-order chi connectivity index (χ0) is 13.8. The van der Waals surface area contributed by atoms with Crippen LogP contribution in [0.25, 0.3) is 11.3 Å². The molecule has 2 aromatic rings. The minimum Gasteiger partial charge on any atom is -0.478 e. The first-order valence-corrected chi connectivity index (χ1v) is 5.31. The largest absolute Gasteiger partial charge is 0.478 e. The molecule has 98 valence electrons. The number of ether oxygens (including phenoxy) is 1. The lowest BCUT2D eigenvalue weighted by Gasteiger charge is -2.05. The van der Waals surface area contributed by atoms with E-state index in [1.807, 2.05) is 0 Å². The first-order chi connectivity index (χ1) is 9.06. The van der Waals surface area contributed by atoms with Crippen LogP contribution in [-0.2, 0) is 0 Å². The van der Waals surface area contributed by atoms with Gasteiger partial charge >= 0.3 is 12.6 Å². The molecular formula is C13H9F2NO3. The van der Waals surface area contributed by atoms with E-state index in [4.69, 9.17) is 5.11 Å². The fourth-order valence-electron chi connectivity index (χ4n) is 1.54. The highest BCUT2D eigenvalue weighted by Gasteiger charge is 2.07. The van der Waals surface area contributed by atoms with E-state index in [1.54, 1.807) is 12.1 Å². The molecule has 1 N–H and O–H groups in total. The molecule has 0 saturated heterocycles. The summed E-state index contributed by atoms with van der Waals surface area (Å²) in [6, 6.07) is 9.02. The third-order valence-electron chi connectivity index (χ3n) is 2.37. The van der Waals surface area contributed by atoms with Gasteiger partial charge in [-0.15, -0.1) is 0 Å². The molecule has 1 aromatic carbocycles. The van der Waals surface area contributed by atoms with Crippen molar-refractivity contribution in [3.05, 3.63) is 48.2 Å². The van der Waals surface area contributed by atoms with Crippen LogP contribution in [0.1, 0.15) is 10.4 Å². The molecule has 0 aliphatic carbocycles. The maximum Gasteiger partial charge on any atom is 0.387 e. The second-order valence-corrected chi connectivity index (χ2v) is 3.64. The Morgan fingerprint density at radius 2 is 2.05 bits per heavy atom. The van der Waals surface area contributed by atoms with Crippen LogP contribution < -0.4 is 4.74 Å². The third-order valence-corrected chi connectivity index (χ3v) is 2.37. The summed E-state index contributed by atoms with van der Waals surface area (Å²) in [5.74, 6) is -1.09. The van der Waals surface area contributed by atoms with E-state index in [0.29, 0.717) is 11.3 Å². The van der Waals surface area contributed by atoms with Gasteiger partial charge in [-0.3, -0.25) is 4.98 Å². The van der Waals surface area contributed by atoms with Crippen molar-refractivity contribution < 1.29 is 23.4 Å². The lowest BCUT2D eigenvalue weighted by Crippen LogP contribution is -2.02. The number of aromatic nitrogens is 1. The molecule has 0 atom stereocenters. The van der Waals surface area contributed by atoms with Crippen molar-refractivity contribution >= 4 is 5.97 Å². The summed E-state index contributed by atoms with van der Waals surface area (Å²) in [4.78, 5) is 14.8. The Morgan fingerprint density at radius 3 is 2.63 bits per heavy atom. The number of hydrogen-bond donors (Lipinski definition) is 1. The fraction of sp³-hybridized carbons (Fsp3) is 0.0769. The fourth-order valence-corrected chi connectivity index (χ4v) is 1.54. The van der Waals surface area contributed by atoms with Crippen LogP contribution in [0.2, 0.25) is 0 Å². The minimum absolute atomic E-state index is 0.0480. The molecule has 0 saturated carbocycles. The molecule has 0 amide bonds. The molecule has 0 radical (unpaired) electrons. The van der Waals surface area contributed by atoms with Gasteiger partial charge in [-0.25, -0.2) is 4.79 Å². The second-order valence-electron chi connectivity index (χ2n) is 3.64. The molecule has 0 aliphatic heterocycles. The van der Waals surface area contributed by atoms with E-state index >= 15 is 0 Å². The average Bonchev–Trinajstić information content (AvgIpc) is 2.39. The molecular weight excluding hydrogens is 256 g/mol. The highest BCUT2D eigenvalue weighted by atomic mass is 19.3. The summed E-state index contributed by atoms with van der Waals surface area (Å²) in [7, 11) is 0. The maximum absolute atomic E-state index is 12.0. The molecule has 1 heterocycles. The summed E-state index contributed by atoms with van der Waals surface area (Å²) in [5, 5.41) is 8.88. The van der Waals surface area contributed by atoms with Crippen molar-refractivity contribution in [1.82, 2.24) is 4.98 Å². The van der Waals surface area contributed by atoms with E-state index in [0.717, 1.165) is 6.20 Å². The Kier molecular flexibility index (Phi) is 3.70. The Hall–Kier alpha value is -2.50. The van der Waals surface area contributed by atoms with E-state index in [9.17, 15) is 13.6 Å². The topological polar surface area (TPSA) is 59.4 Å². The van der Waals surface area contributed by atoms with Gasteiger partial charge in [0, 0.05) is 5.56 Å². The smallest absolute Gasteiger partial charge is 0.387 e. The molecule has 2 rings (SSSR count). The molecule has 0 fully saturated rings. The van der Waals surface area contributed by atoms with Gasteiger partial charge in [-0.1, -0.05) is 12.1 Å². The number of benzene rings is 1. The highest BCUT2D eigenvalue weighted by Crippen LogP contribution is 2.21. The molecule has 0 unspecified atom stereocenters. The van der Waals surface area contributed by atoms with Crippen molar-refractivity contribution in [2.45, 2.75) is 6.61 Å². The number of rotatable bonds is 4. The Bertz CT molecular complexity index is 585. The molecule has 0 spiro atoms. The zero-order valence-corrected chi connectivity index (χ0v) is 9.59. The number of pyridine rings is 1. The normalized spacial score (nSPS) is 10.5. The number of carboxylic acid groups (broad SMARTS) is 1. The summed E-state index contributed by atoms with van der Waals surface area (Å²) in [5.41, 5.74) is 1.19. The number of alkyl halides is 2. The van der Waals surface area contributed by atoms with Gasteiger partial charge in [-0.05, 0) is 24.3 Å². The number of hydrogen-bond acceptors (Lipinski definition) is 3. The second kappa shape index (κ2) is 5.43. The quantitative estimate of drug-likeness (QED) is 0.923. The van der Waals surface area contributed by atoms with Crippen LogP contribution in [0.15, 0.2) is 42.6 Å². The standard InChI is InChI=1S/C13H9F2NO3/c14-13(15)19-10-4-5-11(16-7-10)8-2-1-3-9(6-8)12(17)18/h1-7,13H,(H,17,18). The van der Waals surface area contributed by atoms with Crippen molar-refractivity contribution in [2.75, 3.05) is 0 Å². The van der Waals surface area contributed by atoms with Crippen LogP contribution in [0.4, 0.5) is 8.78 Å². The lowest BCUT2D eigenvalue weighted by atomic mass is 10.1. The van der Waals surface area contributed by atoms with Crippen LogP contribution in [0.5, 0.6) is 5.75 Å². The number of carbonyl (C=O) groups is 1. The summed E-state index contributed by atoms with van der Waals surface area (Å²) in [6.07, 6.45) is 1.16. The Balaban J connectivity index is 2.27. The van der Waals surface area contributed by atoms with Gasteiger partial charge in [0.2, 0.25) is 0 Å². The number of carboxylic acids is 1. The first-order valence-electron chi connectivity index (χ1n) is 5.31. The molecule has 0 bridgehead atoms. The number of aromatic carboxylic acids is 1. The van der Waals surface area contributed by atoms with Crippen LogP contribution in [0, 0.1) is 0 Å². The van der Waals surface area contributed by atoms with Gasteiger partial charge in [0.05, 0.1) is 17.5 Å². The third kappa shape index (κ3) is 3.25. The Morgan fingerprint density at radius 1 is 1.26 bits per heavy atom. The SMILES string of the molecule is O=C(O)c1cccc(-c2ccc(OC(F)F)cn2)c1. The average molecular weight is 265 g/mol. The lowest BCUT2D eigenvalue weighted by molar-refractivity contribution is -0.0500. The summed E-state index contributed by atoms with van der Waals surface area (Å²) < 4.78 is 28.1. The van der Waals surface area contributed by atoms with E-state index < -0.39 is 12.6 Å². The van der Waals surface area contributed by atoms with Gasteiger partial charge in [0.1, 0.15) is 5.75 Å². The van der Waals surface area contributed by atoms with E-state index in [1.165, 1.54) is 24.3 Å². The first kappa shape index (κ1) is 12.9. The highest BCUT2D eigenvalue weighted by molar-refractivity contribution is 5.89. The van der Waals surface area contributed by atoms with Crippen LogP contribution in [0.3, 0.4) is 0 Å². The zero-order valence-electron chi connectivity index (χ0n) is 9.59. The van der Waals surface area contributed by atoms with Crippen molar-refractivity contribution in [3.63, 3.8) is 0 Å². The predicted molar refractivity (Wildman–Crippen MR) is 63.3 cm³/mol.